The zero-order valence-corrected chi connectivity index (χ0v) is 23.4. The average Bonchev–Trinajstić information content (AvgIpc) is 2.96. The third-order valence-corrected chi connectivity index (χ3v) is 7.85. The van der Waals surface area contributed by atoms with Crippen molar-refractivity contribution in [1.29, 1.82) is 0 Å². The van der Waals surface area contributed by atoms with Crippen LogP contribution in [-0.2, 0) is 21.4 Å². The molecule has 4 aromatic carbocycles. The van der Waals surface area contributed by atoms with Gasteiger partial charge in [0.15, 0.2) is 0 Å². The first-order valence-electron chi connectivity index (χ1n) is 12.2. The van der Waals surface area contributed by atoms with Crippen molar-refractivity contribution < 1.29 is 22.9 Å². The fraction of sp³-hybridized carbons (Fsp3) is 0.103. The number of carbonyl (C=O) groups excluding carboxylic acids is 1. The molecule has 10 nitrogen and oxygen atoms in total. The van der Waals surface area contributed by atoms with Gasteiger partial charge in [-0.1, -0.05) is 35.4 Å². The van der Waals surface area contributed by atoms with Crippen LogP contribution in [0.15, 0.2) is 107 Å². The minimum atomic E-state index is -4.08. The smallest absolute Gasteiger partial charge is 0.269 e. The summed E-state index contributed by atoms with van der Waals surface area (Å²) in [5.74, 6) is -0.0806. The number of nitro groups is 1. The number of rotatable bonds is 11. The van der Waals surface area contributed by atoms with Crippen molar-refractivity contribution in [3.05, 3.63) is 129 Å². The van der Waals surface area contributed by atoms with Gasteiger partial charge in [0.05, 0.1) is 21.7 Å². The number of hydrogen-bond acceptors (Lipinski definition) is 7. The molecule has 1 N–H and O–H groups in total. The maximum atomic E-state index is 13.4. The number of hydrogen-bond donors (Lipinski definition) is 1. The maximum absolute atomic E-state index is 13.4. The summed E-state index contributed by atoms with van der Waals surface area (Å²) >= 11 is 6.09. The molecule has 0 spiro atoms. The van der Waals surface area contributed by atoms with Crippen molar-refractivity contribution in [2.45, 2.75) is 18.4 Å². The highest BCUT2D eigenvalue weighted by Crippen LogP contribution is 2.26. The van der Waals surface area contributed by atoms with E-state index in [0.717, 1.165) is 15.4 Å². The molecule has 0 unspecified atom stereocenters. The first-order valence-corrected chi connectivity index (χ1v) is 14.1. The van der Waals surface area contributed by atoms with Crippen LogP contribution in [0.4, 0.5) is 11.4 Å². The summed E-state index contributed by atoms with van der Waals surface area (Å²) in [6.45, 7) is 1.55. The van der Waals surface area contributed by atoms with Crippen molar-refractivity contribution >= 4 is 45.1 Å². The van der Waals surface area contributed by atoms with Gasteiger partial charge in [0.2, 0.25) is 0 Å². The number of nitrogens with zero attached hydrogens (tertiary/aromatic N) is 3. The van der Waals surface area contributed by atoms with E-state index in [9.17, 15) is 23.3 Å². The lowest BCUT2D eigenvalue weighted by Gasteiger charge is -2.24. The van der Waals surface area contributed by atoms with Gasteiger partial charge >= 0.3 is 0 Å². The minimum absolute atomic E-state index is 0.00884. The molecule has 0 aliphatic rings. The van der Waals surface area contributed by atoms with Crippen LogP contribution < -0.4 is 14.5 Å². The quantitative estimate of drug-likeness (QED) is 0.139. The lowest BCUT2D eigenvalue weighted by atomic mass is 10.2. The van der Waals surface area contributed by atoms with Crippen molar-refractivity contribution in [1.82, 2.24) is 5.43 Å². The van der Waals surface area contributed by atoms with Gasteiger partial charge in [-0.3, -0.25) is 19.2 Å². The number of benzene rings is 4. The molecule has 0 aliphatic carbocycles. The van der Waals surface area contributed by atoms with Gasteiger partial charge in [0.1, 0.15) is 18.9 Å². The Labute approximate surface area is 242 Å². The number of ether oxygens (including phenoxy) is 1. The number of hydrazone groups is 1. The summed E-state index contributed by atoms with van der Waals surface area (Å²) in [4.78, 5) is 23.1. The highest BCUT2D eigenvalue weighted by Gasteiger charge is 2.27. The van der Waals surface area contributed by atoms with Gasteiger partial charge in [-0.15, -0.1) is 0 Å². The first kappa shape index (κ1) is 29.2. The van der Waals surface area contributed by atoms with Gasteiger partial charge in [0.25, 0.3) is 21.6 Å². The summed E-state index contributed by atoms with van der Waals surface area (Å²) in [5, 5.41) is 15.0. The van der Waals surface area contributed by atoms with E-state index in [4.69, 9.17) is 16.3 Å². The molecule has 0 aliphatic heterocycles. The molecule has 0 heterocycles. The fourth-order valence-electron chi connectivity index (χ4n) is 3.66. The van der Waals surface area contributed by atoms with Crippen molar-refractivity contribution in [3.8, 4) is 5.75 Å². The van der Waals surface area contributed by atoms with E-state index in [0.29, 0.717) is 16.3 Å². The highest BCUT2D eigenvalue weighted by atomic mass is 35.5. The summed E-state index contributed by atoms with van der Waals surface area (Å²) in [5.41, 5.74) is 4.95. The standard InChI is InChI=1S/C29H25ClN4O6S/c1-21-5-15-28(16-6-21)41(38,39)33(26-4-2-3-24(30)17-26)19-29(35)32-31-18-22-9-13-27(14-10-22)40-20-23-7-11-25(12-8-23)34(36)37/h2-18H,19-20H2,1H3,(H,32,35)/b31-18+. The number of nitrogens with one attached hydrogen (secondary N) is 1. The third kappa shape index (κ3) is 7.90. The van der Waals surface area contributed by atoms with Crippen LogP contribution in [0.25, 0.3) is 0 Å². The van der Waals surface area contributed by atoms with Gasteiger partial charge in [-0.05, 0) is 84.8 Å². The number of anilines is 1. The van der Waals surface area contributed by atoms with Gasteiger partial charge < -0.3 is 4.74 Å². The molecule has 41 heavy (non-hydrogen) atoms. The summed E-state index contributed by atoms with van der Waals surface area (Å²) < 4.78 is 33.5. The molecule has 0 radical (unpaired) electrons. The molecule has 210 valence electrons. The summed E-state index contributed by atoms with van der Waals surface area (Å²) in [7, 11) is -4.08. The number of sulfonamides is 1. The molecule has 1 amide bonds. The number of aryl methyl sites for hydroxylation is 1. The number of halogens is 1. The molecule has 4 rings (SSSR count). The SMILES string of the molecule is Cc1ccc(S(=O)(=O)N(CC(=O)N/N=C/c2ccc(OCc3ccc([N+](=O)[O-])cc3)cc2)c2cccc(Cl)c2)cc1. The van der Waals surface area contributed by atoms with Crippen molar-refractivity contribution in [3.63, 3.8) is 0 Å². The van der Waals surface area contributed by atoms with Crippen LogP contribution in [0.1, 0.15) is 16.7 Å². The Bertz CT molecular complexity index is 1660. The van der Waals surface area contributed by atoms with E-state index in [-0.39, 0.29) is 22.9 Å². The Balaban J connectivity index is 1.38. The van der Waals surface area contributed by atoms with E-state index >= 15 is 0 Å². The predicted octanol–water partition coefficient (Wildman–Crippen LogP) is 5.48. The third-order valence-electron chi connectivity index (χ3n) is 5.83. The Morgan fingerprint density at radius 1 is 1.02 bits per heavy atom. The molecule has 0 atom stereocenters. The second-order valence-corrected chi connectivity index (χ2v) is 11.2. The molecule has 0 fully saturated rings. The molecular formula is C29H25ClN4O6S. The molecule has 12 heteroatoms. The van der Waals surface area contributed by atoms with E-state index in [2.05, 4.69) is 10.5 Å². The van der Waals surface area contributed by atoms with E-state index in [1.165, 1.54) is 36.5 Å². The lowest BCUT2D eigenvalue weighted by molar-refractivity contribution is -0.384. The highest BCUT2D eigenvalue weighted by molar-refractivity contribution is 7.92. The minimum Gasteiger partial charge on any atom is -0.489 e. The predicted molar refractivity (Wildman–Crippen MR) is 157 cm³/mol. The summed E-state index contributed by atoms with van der Waals surface area (Å²) in [6.07, 6.45) is 1.41. The Morgan fingerprint density at radius 3 is 2.34 bits per heavy atom. The number of nitro benzene ring substituents is 1. The second-order valence-electron chi connectivity index (χ2n) is 8.88. The normalized spacial score (nSPS) is 11.3. The van der Waals surface area contributed by atoms with Crippen LogP contribution in [-0.4, -0.2) is 32.0 Å². The zero-order chi connectivity index (χ0) is 29.4. The average molecular weight is 593 g/mol. The van der Waals surface area contributed by atoms with Crippen LogP contribution in [0.2, 0.25) is 5.02 Å². The fourth-order valence-corrected chi connectivity index (χ4v) is 5.26. The number of non-ortho nitro benzene ring substituents is 1. The first-order chi connectivity index (χ1) is 19.6. The topological polar surface area (TPSA) is 131 Å². The van der Waals surface area contributed by atoms with Gasteiger partial charge in [-0.2, -0.15) is 5.10 Å². The van der Waals surface area contributed by atoms with Crippen LogP contribution in [0.5, 0.6) is 5.75 Å². The van der Waals surface area contributed by atoms with E-state index in [1.807, 2.05) is 6.92 Å². The van der Waals surface area contributed by atoms with Crippen LogP contribution >= 0.6 is 11.6 Å². The Hall–Kier alpha value is -4.74. The van der Waals surface area contributed by atoms with Crippen LogP contribution in [0.3, 0.4) is 0 Å². The number of amides is 1. The largest absolute Gasteiger partial charge is 0.489 e. The van der Waals surface area contributed by atoms with Crippen molar-refractivity contribution in [2.75, 3.05) is 10.8 Å². The molecular weight excluding hydrogens is 568 g/mol. The monoisotopic (exact) mass is 592 g/mol. The molecule has 0 aromatic heterocycles. The van der Waals surface area contributed by atoms with Crippen LogP contribution in [0, 0.1) is 17.0 Å². The maximum Gasteiger partial charge on any atom is 0.269 e. The molecule has 4 aromatic rings. The van der Waals surface area contributed by atoms with Crippen molar-refractivity contribution in [2.24, 2.45) is 5.10 Å². The number of carbonyl (C=O) groups is 1. The molecule has 0 saturated carbocycles. The summed E-state index contributed by atoms with van der Waals surface area (Å²) in [6, 6.07) is 25.5. The Kier molecular flexibility index (Phi) is 9.33. The Morgan fingerprint density at radius 2 is 1.71 bits per heavy atom. The van der Waals surface area contributed by atoms with E-state index < -0.39 is 27.4 Å². The second kappa shape index (κ2) is 13.1. The lowest BCUT2D eigenvalue weighted by Crippen LogP contribution is -2.39. The van der Waals surface area contributed by atoms with Gasteiger partial charge in [0, 0.05) is 17.2 Å². The molecule has 0 bridgehead atoms. The zero-order valence-electron chi connectivity index (χ0n) is 21.8. The van der Waals surface area contributed by atoms with Gasteiger partial charge in [-0.25, -0.2) is 13.8 Å². The van der Waals surface area contributed by atoms with E-state index in [1.54, 1.807) is 66.7 Å². The molecule has 0 saturated heterocycles.